The molecule has 18 heavy (non-hydrogen) atoms. The zero-order valence-corrected chi connectivity index (χ0v) is 10.5. The minimum Gasteiger partial charge on any atom is -0.450 e. The van der Waals surface area contributed by atoms with Crippen LogP contribution in [0.4, 0.5) is 4.79 Å². The highest BCUT2D eigenvalue weighted by atomic mass is 16.6. The first-order valence-corrected chi connectivity index (χ1v) is 6.26. The van der Waals surface area contributed by atoms with E-state index in [0.29, 0.717) is 25.1 Å². The van der Waals surface area contributed by atoms with Gasteiger partial charge in [-0.05, 0) is 19.8 Å². The summed E-state index contributed by atoms with van der Waals surface area (Å²) >= 11 is 0. The third-order valence-electron chi connectivity index (χ3n) is 3.12. The molecule has 0 saturated carbocycles. The fraction of sp³-hybridized carbons (Fsp3) is 0.429. The zero-order valence-electron chi connectivity index (χ0n) is 10.5. The summed E-state index contributed by atoms with van der Waals surface area (Å²) in [6, 6.07) is 8.72. The van der Waals surface area contributed by atoms with Gasteiger partial charge in [0.15, 0.2) is 5.78 Å². The van der Waals surface area contributed by atoms with Crippen molar-refractivity contribution in [2.45, 2.75) is 25.8 Å². The molecule has 1 aliphatic rings. The number of Topliss-reactive ketones (excluding diaryl/α,β-unsaturated/α-hetero) is 1. The molecule has 1 atom stereocenters. The van der Waals surface area contributed by atoms with E-state index in [1.807, 2.05) is 18.2 Å². The van der Waals surface area contributed by atoms with E-state index < -0.39 is 0 Å². The highest BCUT2D eigenvalue weighted by Gasteiger charge is 2.35. The quantitative estimate of drug-likeness (QED) is 0.771. The highest BCUT2D eigenvalue weighted by Crippen LogP contribution is 2.22. The summed E-state index contributed by atoms with van der Waals surface area (Å²) in [4.78, 5) is 25.6. The summed E-state index contributed by atoms with van der Waals surface area (Å²) in [5.41, 5.74) is 0.652. The predicted octanol–water partition coefficient (Wildman–Crippen LogP) is 2.49. The van der Waals surface area contributed by atoms with Crippen LogP contribution in [-0.4, -0.2) is 36.0 Å². The van der Waals surface area contributed by atoms with Crippen molar-refractivity contribution in [1.29, 1.82) is 0 Å². The molecule has 0 aromatic heterocycles. The lowest BCUT2D eigenvalue weighted by Crippen LogP contribution is -2.40. The molecule has 1 aliphatic heterocycles. The lowest BCUT2D eigenvalue weighted by Gasteiger charge is -2.22. The van der Waals surface area contributed by atoms with Crippen LogP contribution < -0.4 is 0 Å². The average molecular weight is 247 g/mol. The second-order valence-corrected chi connectivity index (χ2v) is 4.28. The van der Waals surface area contributed by atoms with Gasteiger partial charge in [-0.2, -0.15) is 0 Å². The molecule has 0 N–H and O–H groups in total. The van der Waals surface area contributed by atoms with Crippen LogP contribution in [-0.2, 0) is 4.74 Å². The van der Waals surface area contributed by atoms with E-state index in [0.717, 1.165) is 6.42 Å². The molecule has 4 nitrogen and oxygen atoms in total. The normalized spacial score (nSPS) is 18.7. The van der Waals surface area contributed by atoms with E-state index in [1.165, 1.54) is 0 Å². The average Bonchev–Trinajstić information content (AvgIpc) is 2.88. The number of hydrogen-bond donors (Lipinski definition) is 0. The number of ketones is 1. The van der Waals surface area contributed by atoms with Crippen LogP contribution in [0.25, 0.3) is 0 Å². The van der Waals surface area contributed by atoms with Gasteiger partial charge in [0.2, 0.25) is 0 Å². The molecular weight excluding hydrogens is 230 g/mol. The summed E-state index contributed by atoms with van der Waals surface area (Å²) in [7, 11) is 0. The standard InChI is InChI=1S/C14H17NO3/c1-2-18-14(17)15-10-6-9-12(15)13(16)11-7-4-3-5-8-11/h3-5,7-8,12H,2,6,9-10H2,1H3/t12-/m0/s1. The zero-order chi connectivity index (χ0) is 13.0. The molecule has 1 saturated heterocycles. The first-order valence-electron chi connectivity index (χ1n) is 6.26. The lowest BCUT2D eigenvalue weighted by atomic mass is 10.0. The summed E-state index contributed by atoms with van der Waals surface area (Å²) in [5.74, 6) is 0.00107. The fourth-order valence-electron chi connectivity index (χ4n) is 2.26. The van der Waals surface area contributed by atoms with Crippen molar-refractivity contribution < 1.29 is 14.3 Å². The van der Waals surface area contributed by atoms with Crippen molar-refractivity contribution in [3.63, 3.8) is 0 Å². The molecule has 1 amide bonds. The molecule has 1 aromatic rings. The van der Waals surface area contributed by atoms with Gasteiger partial charge in [-0.1, -0.05) is 30.3 Å². The Balaban J connectivity index is 2.12. The molecule has 1 heterocycles. The SMILES string of the molecule is CCOC(=O)N1CCC[C@H]1C(=O)c1ccccc1. The van der Waals surface area contributed by atoms with Gasteiger partial charge in [-0.25, -0.2) is 4.79 Å². The van der Waals surface area contributed by atoms with Gasteiger partial charge in [0.05, 0.1) is 12.6 Å². The van der Waals surface area contributed by atoms with E-state index in [-0.39, 0.29) is 17.9 Å². The van der Waals surface area contributed by atoms with Crippen LogP contribution in [0.2, 0.25) is 0 Å². The minimum atomic E-state index is -0.385. The second-order valence-electron chi connectivity index (χ2n) is 4.28. The van der Waals surface area contributed by atoms with E-state index in [9.17, 15) is 9.59 Å². The largest absolute Gasteiger partial charge is 0.450 e. The fourth-order valence-corrected chi connectivity index (χ4v) is 2.26. The Labute approximate surface area is 107 Å². The molecule has 96 valence electrons. The van der Waals surface area contributed by atoms with Gasteiger partial charge in [0.1, 0.15) is 0 Å². The summed E-state index contributed by atoms with van der Waals surface area (Å²) in [5, 5.41) is 0. The maximum Gasteiger partial charge on any atom is 0.410 e. The van der Waals surface area contributed by atoms with Crippen LogP contribution in [0.1, 0.15) is 30.1 Å². The van der Waals surface area contributed by atoms with Gasteiger partial charge < -0.3 is 4.74 Å². The van der Waals surface area contributed by atoms with Gasteiger partial charge in [-0.15, -0.1) is 0 Å². The highest BCUT2D eigenvalue weighted by molar-refractivity contribution is 6.01. The molecule has 1 aromatic carbocycles. The smallest absolute Gasteiger partial charge is 0.410 e. The summed E-state index contributed by atoms with van der Waals surface area (Å²) in [6.07, 6.45) is 1.18. The Morgan fingerprint density at radius 1 is 1.33 bits per heavy atom. The molecule has 0 unspecified atom stereocenters. The van der Waals surface area contributed by atoms with Crippen LogP contribution in [0.5, 0.6) is 0 Å². The number of amides is 1. The van der Waals surface area contributed by atoms with Crippen molar-refractivity contribution in [1.82, 2.24) is 4.90 Å². The van der Waals surface area contributed by atoms with Gasteiger partial charge in [-0.3, -0.25) is 9.69 Å². The van der Waals surface area contributed by atoms with Crippen LogP contribution in [0.15, 0.2) is 30.3 Å². The monoisotopic (exact) mass is 247 g/mol. The van der Waals surface area contributed by atoms with Gasteiger partial charge in [0.25, 0.3) is 0 Å². The Bertz CT molecular complexity index is 430. The third kappa shape index (κ3) is 2.53. The van der Waals surface area contributed by atoms with E-state index in [2.05, 4.69) is 0 Å². The number of benzene rings is 1. The van der Waals surface area contributed by atoms with Crippen LogP contribution in [0, 0.1) is 0 Å². The van der Waals surface area contributed by atoms with Crippen molar-refractivity contribution in [3.05, 3.63) is 35.9 Å². The first-order chi connectivity index (χ1) is 8.74. The maximum absolute atomic E-state index is 12.3. The Morgan fingerprint density at radius 3 is 2.72 bits per heavy atom. The van der Waals surface area contributed by atoms with Crippen molar-refractivity contribution in [3.8, 4) is 0 Å². The number of nitrogens with zero attached hydrogens (tertiary/aromatic N) is 1. The Hall–Kier alpha value is -1.84. The number of carbonyl (C=O) groups excluding carboxylic acids is 2. The van der Waals surface area contributed by atoms with Crippen molar-refractivity contribution in [2.24, 2.45) is 0 Å². The molecule has 0 bridgehead atoms. The molecule has 4 heteroatoms. The van der Waals surface area contributed by atoms with Crippen LogP contribution in [0.3, 0.4) is 0 Å². The van der Waals surface area contributed by atoms with E-state index >= 15 is 0 Å². The van der Waals surface area contributed by atoms with Crippen LogP contribution >= 0.6 is 0 Å². The topological polar surface area (TPSA) is 46.6 Å². The summed E-state index contributed by atoms with van der Waals surface area (Å²) < 4.78 is 4.98. The van der Waals surface area contributed by atoms with Crippen molar-refractivity contribution >= 4 is 11.9 Å². The molecule has 1 fully saturated rings. The number of rotatable bonds is 3. The molecular formula is C14H17NO3. The Morgan fingerprint density at radius 2 is 2.06 bits per heavy atom. The molecule has 0 aliphatic carbocycles. The molecule has 0 radical (unpaired) electrons. The van der Waals surface area contributed by atoms with E-state index in [4.69, 9.17) is 4.74 Å². The first kappa shape index (κ1) is 12.6. The van der Waals surface area contributed by atoms with E-state index in [1.54, 1.807) is 24.0 Å². The Kier molecular flexibility index (Phi) is 3.97. The number of hydrogen-bond acceptors (Lipinski definition) is 3. The second kappa shape index (κ2) is 5.67. The lowest BCUT2D eigenvalue weighted by molar-refractivity contribution is 0.0775. The summed E-state index contributed by atoms with van der Waals surface area (Å²) in [6.45, 7) is 2.70. The number of ether oxygens (including phenoxy) is 1. The number of likely N-dealkylation sites (tertiary alicyclic amines) is 1. The predicted molar refractivity (Wildman–Crippen MR) is 67.5 cm³/mol. The van der Waals surface area contributed by atoms with Gasteiger partial charge in [0, 0.05) is 12.1 Å². The minimum absolute atomic E-state index is 0.00107. The molecule has 0 spiro atoms. The third-order valence-corrected chi connectivity index (χ3v) is 3.12. The maximum atomic E-state index is 12.3. The molecule has 2 rings (SSSR count). The van der Waals surface area contributed by atoms with Gasteiger partial charge >= 0.3 is 6.09 Å². The van der Waals surface area contributed by atoms with Crippen molar-refractivity contribution in [2.75, 3.05) is 13.2 Å². The number of carbonyl (C=O) groups is 2.